The highest BCUT2D eigenvalue weighted by atomic mass is 16.1. The summed E-state index contributed by atoms with van der Waals surface area (Å²) in [4.78, 5) is 13.3. The molecule has 0 radical (unpaired) electrons. The number of Topliss-reactive ketones (excluding diaryl/α,β-unsaturated/α-hetero) is 1. The van der Waals surface area contributed by atoms with Gasteiger partial charge in [-0.05, 0) is 45.3 Å². The lowest BCUT2D eigenvalue weighted by Crippen LogP contribution is -2.43. The molecule has 0 spiro atoms. The van der Waals surface area contributed by atoms with Crippen LogP contribution in [0.15, 0.2) is 121 Å². The molecule has 0 amide bonds. The summed E-state index contributed by atoms with van der Waals surface area (Å²) >= 11 is 0. The van der Waals surface area contributed by atoms with Gasteiger partial charge in [-0.15, -0.1) is 0 Å². The normalized spacial score (nSPS) is 11.3. The summed E-state index contributed by atoms with van der Waals surface area (Å²) in [5.41, 5.74) is 4.24. The molecule has 2 nitrogen and oxygen atoms in total. The summed E-state index contributed by atoms with van der Waals surface area (Å²) < 4.78 is 2.20. The van der Waals surface area contributed by atoms with Crippen LogP contribution in [0.5, 0.6) is 0 Å². The van der Waals surface area contributed by atoms with Crippen molar-refractivity contribution in [1.82, 2.24) is 0 Å². The van der Waals surface area contributed by atoms with E-state index < -0.39 is 0 Å². The minimum absolute atomic E-state index is 0.117. The first-order valence-electron chi connectivity index (χ1n) is 11.7. The summed E-state index contributed by atoms with van der Waals surface area (Å²) in [6.07, 6.45) is 0.745. The van der Waals surface area contributed by atoms with Crippen molar-refractivity contribution in [1.29, 1.82) is 0 Å². The molecule has 5 aromatic carbocycles. The maximum Gasteiger partial charge on any atom is 0.227 e. The van der Waals surface area contributed by atoms with E-state index in [9.17, 15) is 4.79 Å². The Morgan fingerprint density at radius 1 is 0.588 bits per heavy atom. The Balaban J connectivity index is 1.54. The van der Waals surface area contributed by atoms with Gasteiger partial charge in [0.25, 0.3) is 0 Å². The van der Waals surface area contributed by atoms with Crippen molar-refractivity contribution in [2.75, 3.05) is 0 Å². The monoisotopic (exact) mass is 438 g/mol. The summed E-state index contributed by atoms with van der Waals surface area (Å²) in [6.45, 7) is 0.309. The number of aromatic nitrogens is 1. The minimum Gasteiger partial charge on any atom is -0.287 e. The highest BCUT2D eigenvalue weighted by Crippen LogP contribution is 2.30. The standard InChI is InChI=1S/C32H24NO/c34-32(24-11-2-1-3-12-24)22-33-27(19-18-23-10-6-9-17-31(23)33)21-30-28-15-7-4-13-25(28)20-26-14-5-8-16-29(26)30/h1-20H,21-22H2/q+1. The molecule has 34 heavy (non-hydrogen) atoms. The number of benzene rings is 5. The third kappa shape index (κ3) is 3.64. The first-order chi connectivity index (χ1) is 16.8. The molecular weight excluding hydrogens is 414 g/mol. The van der Waals surface area contributed by atoms with Crippen LogP contribution in [-0.2, 0) is 13.0 Å². The SMILES string of the molecule is O=C(C[n+]1c(Cc2c3ccccc3cc3ccccc23)ccc2ccccc21)c1ccccc1. The lowest BCUT2D eigenvalue weighted by atomic mass is 9.93. The van der Waals surface area contributed by atoms with Gasteiger partial charge in [0.1, 0.15) is 0 Å². The van der Waals surface area contributed by atoms with Crippen LogP contribution in [0.25, 0.3) is 32.4 Å². The minimum atomic E-state index is 0.117. The molecule has 0 fully saturated rings. The predicted molar refractivity (Wildman–Crippen MR) is 139 cm³/mol. The van der Waals surface area contributed by atoms with Crippen molar-refractivity contribution in [3.8, 4) is 0 Å². The van der Waals surface area contributed by atoms with Gasteiger partial charge in [0.2, 0.25) is 17.8 Å². The molecule has 162 valence electrons. The number of pyridine rings is 1. The summed E-state index contributed by atoms with van der Waals surface area (Å²) in [6, 6.07) is 41.7. The average molecular weight is 439 g/mol. The van der Waals surface area contributed by atoms with Crippen molar-refractivity contribution in [3.05, 3.63) is 138 Å². The zero-order valence-electron chi connectivity index (χ0n) is 18.8. The topological polar surface area (TPSA) is 20.9 Å². The van der Waals surface area contributed by atoms with Gasteiger partial charge in [-0.2, -0.15) is 4.57 Å². The third-order valence-corrected chi connectivity index (χ3v) is 6.67. The maximum atomic E-state index is 13.3. The van der Waals surface area contributed by atoms with Crippen LogP contribution in [-0.4, -0.2) is 5.78 Å². The van der Waals surface area contributed by atoms with Crippen LogP contribution in [0.3, 0.4) is 0 Å². The first-order valence-corrected chi connectivity index (χ1v) is 11.7. The Morgan fingerprint density at radius 2 is 1.18 bits per heavy atom. The molecule has 0 aliphatic carbocycles. The van der Waals surface area contributed by atoms with Gasteiger partial charge in [-0.1, -0.05) is 91.0 Å². The van der Waals surface area contributed by atoms with E-state index in [-0.39, 0.29) is 5.78 Å². The number of hydrogen-bond acceptors (Lipinski definition) is 1. The third-order valence-electron chi connectivity index (χ3n) is 6.67. The number of fused-ring (bicyclic) bond motifs is 3. The second-order valence-corrected chi connectivity index (χ2v) is 8.73. The van der Waals surface area contributed by atoms with Crippen LogP contribution in [0.2, 0.25) is 0 Å². The van der Waals surface area contributed by atoms with E-state index in [4.69, 9.17) is 0 Å². The average Bonchev–Trinajstić information content (AvgIpc) is 2.90. The Kier molecular flexibility index (Phi) is 5.12. The van der Waals surface area contributed by atoms with E-state index in [0.717, 1.165) is 28.6 Å². The smallest absolute Gasteiger partial charge is 0.227 e. The molecule has 0 aliphatic rings. The van der Waals surface area contributed by atoms with E-state index in [2.05, 4.69) is 83.4 Å². The zero-order chi connectivity index (χ0) is 22.9. The molecule has 0 saturated heterocycles. The molecule has 2 heteroatoms. The molecule has 1 heterocycles. The number of carbonyl (C=O) groups excluding carboxylic acids is 1. The molecule has 0 aliphatic heterocycles. The molecule has 0 bridgehead atoms. The van der Waals surface area contributed by atoms with Crippen molar-refractivity contribution in [3.63, 3.8) is 0 Å². The molecule has 0 N–H and O–H groups in total. The first kappa shape index (κ1) is 20.3. The predicted octanol–water partition coefficient (Wildman–Crippen LogP) is 6.91. The number of para-hydroxylation sites is 1. The van der Waals surface area contributed by atoms with Crippen LogP contribution in [0, 0.1) is 0 Å². The Labute approximate surface area is 198 Å². The molecule has 6 aromatic rings. The van der Waals surface area contributed by atoms with E-state index in [1.54, 1.807) is 0 Å². The van der Waals surface area contributed by atoms with E-state index in [1.807, 2.05) is 42.5 Å². The maximum absolute atomic E-state index is 13.3. The van der Waals surface area contributed by atoms with Crippen LogP contribution in [0.1, 0.15) is 21.6 Å². The summed E-state index contributed by atoms with van der Waals surface area (Å²) in [5.74, 6) is 0.117. The van der Waals surface area contributed by atoms with Gasteiger partial charge >= 0.3 is 0 Å². The molecule has 6 rings (SSSR count). The van der Waals surface area contributed by atoms with Crippen molar-refractivity contribution in [2.45, 2.75) is 13.0 Å². The van der Waals surface area contributed by atoms with Gasteiger partial charge in [0.05, 0.1) is 6.42 Å². The van der Waals surface area contributed by atoms with Gasteiger partial charge < -0.3 is 0 Å². The fourth-order valence-corrected chi connectivity index (χ4v) is 4.98. The second kappa shape index (κ2) is 8.57. The van der Waals surface area contributed by atoms with Crippen LogP contribution < -0.4 is 4.57 Å². The lowest BCUT2D eigenvalue weighted by Gasteiger charge is -2.13. The van der Waals surface area contributed by atoms with Crippen molar-refractivity contribution < 1.29 is 9.36 Å². The van der Waals surface area contributed by atoms with Gasteiger partial charge in [0, 0.05) is 23.1 Å². The van der Waals surface area contributed by atoms with E-state index in [1.165, 1.54) is 27.1 Å². The number of carbonyl (C=O) groups is 1. The number of nitrogens with zero attached hydrogens (tertiary/aromatic N) is 1. The number of hydrogen-bond donors (Lipinski definition) is 0. The Bertz CT molecular complexity index is 1610. The fourth-order valence-electron chi connectivity index (χ4n) is 4.98. The highest BCUT2D eigenvalue weighted by molar-refractivity contribution is 6.02. The second-order valence-electron chi connectivity index (χ2n) is 8.73. The van der Waals surface area contributed by atoms with E-state index in [0.29, 0.717) is 6.54 Å². The van der Waals surface area contributed by atoms with Gasteiger partial charge in [-0.25, -0.2) is 0 Å². The number of ketones is 1. The van der Waals surface area contributed by atoms with Crippen LogP contribution in [0.4, 0.5) is 0 Å². The molecular formula is C32H24NO+. The largest absolute Gasteiger partial charge is 0.287 e. The molecule has 0 atom stereocenters. The summed E-state index contributed by atoms with van der Waals surface area (Å²) in [5, 5.41) is 6.13. The number of rotatable bonds is 5. The molecule has 0 unspecified atom stereocenters. The fraction of sp³-hybridized carbons (Fsp3) is 0.0625. The highest BCUT2D eigenvalue weighted by Gasteiger charge is 2.22. The van der Waals surface area contributed by atoms with E-state index >= 15 is 0 Å². The summed E-state index contributed by atoms with van der Waals surface area (Å²) in [7, 11) is 0. The van der Waals surface area contributed by atoms with Crippen LogP contribution >= 0.6 is 0 Å². The van der Waals surface area contributed by atoms with Crippen molar-refractivity contribution >= 4 is 38.2 Å². The molecule has 1 aromatic heterocycles. The Hall–Kier alpha value is -4.30. The Morgan fingerprint density at radius 3 is 1.88 bits per heavy atom. The lowest BCUT2D eigenvalue weighted by molar-refractivity contribution is -0.664. The quantitative estimate of drug-likeness (QED) is 0.163. The van der Waals surface area contributed by atoms with Gasteiger partial charge in [-0.3, -0.25) is 4.79 Å². The molecule has 0 saturated carbocycles. The van der Waals surface area contributed by atoms with Gasteiger partial charge in [0.15, 0.2) is 5.69 Å². The zero-order valence-corrected chi connectivity index (χ0v) is 18.8. The van der Waals surface area contributed by atoms with Crippen molar-refractivity contribution in [2.24, 2.45) is 0 Å².